The van der Waals surface area contributed by atoms with E-state index in [0.717, 1.165) is 24.1 Å². The average Bonchev–Trinajstić information content (AvgIpc) is 2.38. The highest BCUT2D eigenvalue weighted by Gasteiger charge is 2.20. The summed E-state index contributed by atoms with van der Waals surface area (Å²) in [6.07, 6.45) is 5.87. The molecule has 0 aliphatic heterocycles. The molecule has 0 saturated heterocycles. The summed E-state index contributed by atoms with van der Waals surface area (Å²) >= 11 is 0. The molecular formula is C15H17NO2. The molecule has 0 aromatic heterocycles. The lowest BCUT2D eigenvalue weighted by Gasteiger charge is -2.20. The largest absolute Gasteiger partial charge is 0.479 e. The third kappa shape index (κ3) is 3.00. The van der Waals surface area contributed by atoms with Crippen molar-refractivity contribution in [2.24, 2.45) is 0 Å². The van der Waals surface area contributed by atoms with Crippen LogP contribution in [0, 0.1) is 0 Å². The second-order valence-corrected chi connectivity index (χ2v) is 4.51. The fourth-order valence-electron chi connectivity index (χ4n) is 1.97. The van der Waals surface area contributed by atoms with Crippen LogP contribution in [0.3, 0.4) is 0 Å². The van der Waals surface area contributed by atoms with E-state index >= 15 is 0 Å². The Morgan fingerprint density at radius 2 is 1.94 bits per heavy atom. The van der Waals surface area contributed by atoms with E-state index in [1.165, 1.54) is 5.57 Å². The standard InChI is InChI=1S/C15H17NO2/c1-11-7-9-13(10-8-11)16-14(15(17)18)12-5-3-2-4-6-12/h2-7,10,14,16H,8-9H2,1H3,(H,17,18). The zero-order chi connectivity index (χ0) is 13.0. The number of nitrogens with one attached hydrogen (secondary N) is 1. The van der Waals surface area contributed by atoms with E-state index in [0.29, 0.717) is 0 Å². The molecule has 2 rings (SSSR count). The Balaban J connectivity index is 2.11. The smallest absolute Gasteiger partial charge is 0.330 e. The number of hydrogen-bond acceptors (Lipinski definition) is 2. The number of allylic oxidation sites excluding steroid dienone is 3. The molecule has 0 bridgehead atoms. The Labute approximate surface area is 107 Å². The summed E-state index contributed by atoms with van der Waals surface area (Å²) in [7, 11) is 0. The number of hydrogen-bond donors (Lipinski definition) is 2. The van der Waals surface area contributed by atoms with E-state index in [1.54, 1.807) is 0 Å². The molecule has 1 atom stereocenters. The summed E-state index contributed by atoms with van der Waals surface area (Å²) in [5, 5.41) is 12.4. The first-order valence-corrected chi connectivity index (χ1v) is 6.06. The molecular weight excluding hydrogens is 226 g/mol. The van der Waals surface area contributed by atoms with Gasteiger partial charge in [0.05, 0.1) is 0 Å². The third-order valence-electron chi connectivity index (χ3n) is 3.05. The maximum atomic E-state index is 11.3. The van der Waals surface area contributed by atoms with Crippen LogP contribution in [0.15, 0.2) is 53.8 Å². The van der Waals surface area contributed by atoms with Crippen LogP contribution >= 0.6 is 0 Å². The average molecular weight is 243 g/mol. The fourth-order valence-corrected chi connectivity index (χ4v) is 1.97. The molecule has 94 valence electrons. The van der Waals surface area contributed by atoms with Gasteiger partial charge in [-0.15, -0.1) is 0 Å². The van der Waals surface area contributed by atoms with E-state index in [-0.39, 0.29) is 0 Å². The van der Waals surface area contributed by atoms with Gasteiger partial charge in [0, 0.05) is 12.1 Å². The number of carboxylic acid groups (broad SMARTS) is 1. The van der Waals surface area contributed by atoms with Crippen molar-refractivity contribution in [2.75, 3.05) is 0 Å². The minimum Gasteiger partial charge on any atom is -0.479 e. The molecule has 1 aliphatic carbocycles. The Hall–Kier alpha value is -2.03. The van der Waals surface area contributed by atoms with Crippen molar-refractivity contribution in [1.29, 1.82) is 0 Å². The monoisotopic (exact) mass is 243 g/mol. The molecule has 18 heavy (non-hydrogen) atoms. The van der Waals surface area contributed by atoms with Crippen LogP contribution in [-0.4, -0.2) is 11.1 Å². The van der Waals surface area contributed by atoms with Crippen molar-refractivity contribution in [1.82, 2.24) is 5.32 Å². The van der Waals surface area contributed by atoms with Crippen LogP contribution in [0.5, 0.6) is 0 Å². The number of benzene rings is 1. The molecule has 2 N–H and O–H groups in total. The van der Waals surface area contributed by atoms with Crippen LogP contribution in [0.25, 0.3) is 0 Å². The zero-order valence-electron chi connectivity index (χ0n) is 10.4. The van der Waals surface area contributed by atoms with Gasteiger partial charge in [0.25, 0.3) is 0 Å². The van der Waals surface area contributed by atoms with Gasteiger partial charge < -0.3 is 10.4 Å². The number of aliphatic carboxylic acids is 1. The van der Waals surface area contributed by atoms with Crippen molar-refractivity contribution in [3.8, 4) is 0 Å². The van der Waals surface area contributed by atoms with E-state index < -0.39 is 12.0 Å². The maximum absolute atomic E-state index is 11.3. The first-order chi connectivity index (χ1) is 8.66. The van der Waals surface area contributed by atoms with Crippen LogP contribution < -0.4 is 5.32 Å². The lowest BCUT2D eigenvalue weighted by atomic mass is 10.0. The first-order valence-electron chi connectivity index (χ1n) is 6.06. The summed E-state index contributed by atoms with van der Waals surface area (Å²) in [6, 6.07) is 8.57. The predicted molar refractivity (Wildman–Crippen MR) is 71.0 cm³/mol. The van der Waals surface area contributed by atoms with Crippen molar-refractivity contribution >= 4 is 5.97 Å². The van der Waals surface area contributed by atoms with E-state index in [9.17, 15) is 9.90 Å². The van der Waals surface area contributed by atoms with Gasteiger partial charge in [-0.25, -0.2) is 4.79 Å². The lowest BCUT2D eigenvalue weighted by Crippen LogP contribution is -2.28. The van der Waals surface area contributed by atoms with Gasteiger partial charge in [-0.2, -0.15) is 0 Å². The van der Waals surface area contributed by atoms with Crippen molar-refractivity contribution in [2.45, 2.75) is 25.8 Å². The number of carboxylic acids is 1. The highest BCUT2D eigenvalue weighted by molar-refractivity contribution is 5.75. The van der Waals surface area contributed by atoms with E-state index in [4.69, 9.17) is 0 Å². The Kier molecular flexibility index (Phi) is 3.82. The van der Waals surface area contributed by atoms with Crippen molar-refractivity contribution < 1.29 is 9.90 Å². The molecule has 0 spiro atoms. The molecule has 0 amide bonds. The molecule has 1 aromatic carbocycles. The molecule has 1 aromatic rings. The quantitative estimate of drug-likeness (QED) is 0.799. The summed E-state index contributed by atoms with van der Waals surface area (Å²) in [6.45, 7) is 2.08. The van der Waals surface area contributed by atoms with Gasteiger partial charge in [-0.3, -0.25) is 0 Å². The minimum atomic E-state index is -0.853. The van der Waals surface area contributed by atoms with Crippen molar-refractivity contribution in [3.05, 3.63) is 59.3 Å². The normalized spacial score (nSPS) is 16.5. The van der Waals surface area contributed by atoms with Crippen LogP contribution in [0.4, 0.5) is 0 Å². The highest BCUT2D eigenvalue weighted by Crippen LogP contribution is 2.20. The summed E-state index contributed by atoms with van der Waals surface area (Å²) in [4.78, 5) is 11.3. The molecule has 3 heteroatoms. The zero-order valence-corrected chi connectivity index (χ0v) is 10.4. The molecule has 0 radical (unpaired) electrons. The molecule has 1 aliphatic rings. The summed E-state index contributed by atoms with van der Waals surface area (Å²) < 4.78 is 0. The lowest BCUT2D eigenvalue weighted by molar-refractivity contribution is -0.139. The summed E-state index contributed by atoms with van der Waals surface area (Å²) in [5.74, 6) is -0.853. The number of rotatable bonds is 4. The maximum Gasteiger partial charge on any atom is 0.330 e. The fraction of sp³-hybridized carbons (Fsp3) is 0.267. The van der Waals surface area contributed by atoms with Gasteiger partial charge in [-0.05, 0) is 18.9 Å². The molecule has 1 unspecified atom stereocenters. The van der Waals surface area contributed by atoms with Gasteiger partial charge in [0.1, 0.15) is 6.04 Å². The molecule has 0 fully saturated rings. The van der Waals surface area contributed by atoms with Crippen LogP contribution in [0.2, 0.25) is 0 Å². The predicted octanol–water partition coefficient (Wildman–Crippen LogP) is 3.03. The second kappa shape index (κ2) is 5.54. The topological polar surface area (TPSA) is 49.3 Å². The van der Waals surface area contributed by atoms with E-state index in [2.05, 4.69) is 24.4 Å². The highest BCUT2D eigenvalue weighted by atomic mass is 16.4. The van der Waals surface area contributed by atoms with Gasteiger partial charge in [0.15, 0.2) is 0 Å². The summed E-state index contributed by atoms with van der Waals surface area (Å²) in [5.41, 5.74) is 3.08. The molecule has 0 saturated carbocycles. The Bertz CT molecular complexity index is 488. The van der Waals surface area contributed by atoms with Gasteiger partial charge in [0.2, 0.25) is 0 Å². The van der Waals surface area contributed by atoms with Gasteiger partial charge in [-0.1, -0.05) is 48.1 Å². The van der Waals surface area contributed by atoms with E-state index in [1.807, 2.05) is 30.3 Å². The Morgan fingerprint density at radius 3 is 2.50 bits per heavy atom. The van der Waals surface area contributed by atoms with Crippen molar-refractivity contribution in [3.63, 3.8) is 0 Å². The van der Waals surface area contributed by atoms with Gasteiger partial charge >= 0.3 is 5.97 Å². The second-order valence-electron chi connectivity index (χ2n) is 4.51. The first kappa shape index (κ1) is 12.4. The molecule has 0 heterocycles. The third-order valence-corrected chi connectivity index (χ3v) is 3.05. The molecule has 3 nitrogen and oxygen atoms in total. The van der Waals surface area contributed by atoms with Crippen LogP contribution in [0.1, 0.15) is 31.4 Å². The number of carbonyl (C=O) groups is 1. The Morgan fingerprint density at radius 1 is 1.22 bits per heavy atom. The van der Waals surface area contributed by atoms with Crippen LogP contribution in [-0.2, 0) is 4.79 Å². The minimum absolute atomic E-state index is 0.677. The SMILES string of the molecule is CC1=CCC(NC(C(=O)O)c2ccccc2)=CC1.